The molecule has 186 valence electrons. The standard InChI is InChI=1S/C27H40N4O3/c1-18(2)25-15-22(16-26(33)31-12-10-30(5)11-13-31)19(3)14-23(25)17-28-27(34)21-6-8-24(9-7-21)29-20(4)32/h6-9,14,18,22-23,25H,10-13,15-17H2,1-5H3,(H,28,34)(H,29,32)/t22-,23-,25-/m0/s1. The number of nitrogens with one attached hydrogen (secondary N) is 2. The first-order chi connectivity index (χ1) is 16.1. The third-order valence-corrected chi connectivity index (χ3v) is 7.33. The first-order valence-electron chi connectivity index (χ1n) is 12.4. The van der Waals surface area contributed by atoms with E-state index in [4.69, 9.17) is 0 Å². The smallest absolute Gasteiger partial charge is 0.251 e. The number of carbonyl (C=O) groups is 3. The minimum atomic E-state index is -0.139. The highest BCUT2D eigenvalue weighted by molar-refractivity contribution is 5.95. The van der Waals surface area contributed by atoms with Gasteiger partial charge in [-0.1, -0.05) is 25.5 Å². The summed E-state index contributed by atoms with van der Waals surface area (Å²) in [7, 11) is 2.10. The van der Waals surface area contributed by atoms with Gasteiger partial charge in [-0.2, -0.15) is 0 Å². The van der Waals surface area contributed by atoms with Crippen LogP contribution in [0.4, 0.5) is 5.69 Å². The Morgan fingerprint density at radius 2 is 1.71 bits per heavy atom. The zero-order valence-electron chi connectivity index (χ0n) is 21.3. The molecule has 1 fully saturated rings. The molecular formula is C27H40N4O3. The molecule has 0 saturated carbocycles. The molecule has 7 heteroatoms. The van der Waals surface area contributed by atoms with Gasteiger partial charge in [0.25, 0.3) is 5.91 Å². The Morgan fingerprint density at radius 1 is 1.06 bits per heavy atom. The summed E-state index contributed by atoms with van der Waals surface area (Å²) in [6, 6.07) is 6.92. The van der Waals surface area contributed by atoms with E-state index in [-0.39, 0.29) is 29.6 Å². The molecular weight excluding hydrogens is 428 g/mol. The maximum atomic E-state index is 12.9. The molecule has 7 nitrogen and oxygen atoms in total. The second-order valence-electron chi connectivity index (χ2n) is 10.3. The second kappa shape index (κ2) is 11.6. The number of carbonyl (C=O) groups excluding carboxylic acids is 3. The van der Waals surface area contributed by atoms with Crippen molar-refractivity contribution in [1.82, 2.24) is 15.1 Å². The van der Waals surface area contributed by atoms with Crippen LogP contribution in [0.1, 0.15) is 50.9 Å². The van der Waals surface area contributed by atoms with Gasteiger partial charge in [0, 0.05) is 57.3 Å². The molecule has 0 bridgehead atoms. The van der Waals surface area contributed by atoms with Crippen molar-refractivity contribution in [3.63, 3.8) is 0 Å². The number of hydrogen-bond donors (Lipinski definition) is 2. The van der Waals surface area contributed by atoms with Crippen LogP contribution in [0, 0.1) is 23.7 Å². The Balaban J connectivity index is 1.59. The van der Waals surface area contributed by atoms with Gasteiger partial charge in [0.05, 0.1) is 0 Å². The summed E-state index contributed by atoms with van der Waals surface area (Å²) in [6.45, 7) is 12.1. The molecule has 0 radical (unpaired) electrons. The van der Waals surface area contributed by atoms with E-state index in [1.807, 2.05) is 4.90 Å². The van der Waals surface area contributed by atoms with E-state index >= 15 is 0 Å². The molecule has 1 aliphatic heterocycles. The van der Waals surface area contributed by atoms with Crippen LogP contribution < -0.4 is 10.6 Å². The molecule has 0 spiro atoms. The number of hydrogen-bond acceptors (Lipinski definition) is 4. The molecule has 1 aromatic rings. The van der Waals surface area contributed by atoms with Crippen LogP contribution in [0.3, 0.4) is 0 Å². The summed E-state index contributed by atoms with van der Waals surface area (Å²) in [5, 5.41) is 5.81. The molecule has 3 rings (SSSR count). The highest BCUT2D eigenvalue weighted by atomic mass is 16.2. The van der Waals surface area contributed by atoms with E-state index in [2.05, 4.69) is 49.4 Å². The van der Waals surface area contributed by atoms with Crippen molar-refractivity contribution >= 4 is 23.4 Å². The van der Waals surface area contributed by atoms with Gasteiger partial charge in [-0.3, -0.25) is 14.4 Å². The number of likely N-dealkylation sites (N-methyl/N-ethyl adjacent to an activating group) is 1. The van der Waals surface area contributed by atoms with Crippen LogP contribution in [0.2, 0.25) is 0 Å². The van der Waals surface area contributed by atoms with Crippen LogP contribution >= 0.6 is 0 Å². The Hall–Kier alpha value is -2.67. The van der Waals surface area contributed by atoms with E-state index in [0.717, 1.165) is 32.6 Å². The minimum Gasteiger partial charge on any atom is -0.351 e. The highest BCUT2D eigenvalue weighted by Crippen LogP contribution is 2.39. The number of anilines is 1. The van der Waals surface area contributed by atoms with Crippen LogP contribution in [-0.4, -0.2) is 67.3 Å². The van der Waals surface area contributed by atoms with Gasteiger partial charge in [0.2, 0.25) is 11.8 Å². The number of allylic oxidation sites excluding steroid dienone is 1. The molecule has 34 heavy (non-hydrogen) atoms. The van der Waals surface area contributed by atoms with Gasteiger partial charge in [0.1, 0.15) is 0 Å². The molecule has 1 saturated heterocycles. The fourth-order valence-corrected chi connectivity index (χ4v) is 5.12. The predicted octanol–water partition coefficient (Wildman–Crippen LogP) is 3.39. The van der Waals surface area contributed by atoms with Crippen LogP contribution in [0.15, 0.2) is 35.9 Å². The van der Waals surface area contributed by atoms with Crippen molar-refractivity contribution in [2.75, 3.05) is 45.1 Å². The largest absolute Gasteiger partial charge is 0.351 e. The molecule has 3 amide bonds. The fraction of sp³-hybridized carbons (Fsp3) is 0.593. The van der Waals surface area contributed by atoms with Crippen LogP contribution in [-0.2, 0) is 9.59 Å². The Labute approximate surface area is 203 Å². The molecule has 0 unspecified atom stereocenters. The van der Waals surface area contributed by atoms with Gasteiger partial charge in [-0.15, -0.1) is 0 Å². The topological polar surface area (TPSA) is 81.8 Å². The zero-order chi connectivity index (χ0) is 24.8. The van der Waals surface area contributed by atoms with Crippen molar-refractivity contribution in [2.24, 2.45) is 23.7 Å². The lowest BCUT2D eigenvalue weighted by atomic mass is 9.69. The number of piperazine rings is 1. The Kier molecular flexibility index (Phi) is 8.89. The van der Waals surface area contributed by atoms with Gasteiger partial charge >= 0.3 is 0 Å². The molecule has 1 aliphatic carbocycles. The first kappa shape index (κ1) is 25.9. The molecule has 1 aromatic carbocycles. The summed E-state index contributed by atoms with van der Waals surface area (Å²) in [4.78, 5) is 41.1. The second-order valence-corrected chi connectivity index (χ2v) is 10.3. The molecule has 3 atom stereocenters. The number of nitrogens with zero attached hydrogens (tertiary/aromatic N) is 2. The number of benzene rings is 1. The van der Waals surface area contributed by atoms with E-state index in [9.17, 15) is 14.4 Å². The lowest BCUT2D eigenvalue weighted by molar-refractivity contribution is -0.133. The number of rotatable bonds is 7. The Morgan fingerprint density at radius 3 is 2.29 bits per heavy atom. The predicted molar refractivity (Wildman–Crippen MR) is 135 cm³/mol. The lowest BCUT2D eigenvalue weighted by Crippen LogP contribution is -2.47. The van der Waals surface area contributed by atoms with Crippen molar-refractivity contribution < 1.29 is 14.4 Å². The average Bonchev–Trinajstić information content (AvgIpc) is 2.79. The van der Waals surface area contributed by atoms with Gasteiger partial charge in [-0.25, -0.2) is 0 Å². The summed E-state index contributed by atoms with van der Waals surface area (Å²) in [5.74, 6) is 1.41. The molecule has 2 aliphatic rings. The fourth-order valence-electron chi connectivity index (χ4n) is 5.12. The maximum absolute atomic E-state index is 12.9. The first-order valence-corrected chi connectivity index (χ1v) is 12.4. The Bertz CT molecular complexity index is 901. The molecule has 1 heterocycles. The summed E-state index contributed by atoms with van der Waals surface area (Å²) in [6.07, 6.45) is 3.84. The lowest BCUT2D eigenvalue weighted by Gasteiger charge is -2.38. The number of amides is 3. The van der Waals surface area contributed by atoms with E-state index in [0.29, 0.717) is 36.1 Å². The third-order valence-electron chi connectivity index (χ3n) is 7.33. The van der Waals surface area contributed by atoms with Crippen molar-refractivity contribution in [3.8, 4) is 0 Å². The normalized spacial score (nSPS) is 23.4. The monoisotopic (exact) mass is 468 g/mol. The van der Waals surface area contributed by atoms with Crippen LogP contribution in [0.25, 0.3) is 0 Å². The van der Waals surface area contributed by atoms with Gasteiger partial charge in [-0.05, 0) is 68.3 Å². The van der Waals surface area contributed by atoms with E-state index < -0.39 is 0 Å². The van der Waals surface area contributed by atoms with E-state index in [1.165, 1.54) is 12.5 Å². The van der Waals surface area contributed by atoms with E-state index in [1.54, 1.807) is 24.3 Å². The molecule has 2 N–H and O–H groups in total. The molecule has 0 aromatic heterocycles. The van der Waals surface area contributed by atoms with Crippen molar-refractivity contribution in [1.29, 1.82) is 0 Å². The third kappa shape index (κ3) is 6.92. The zero-order valence-corrected chi connectivity index (χ0v) is 21.3. The quantitative estimate of drug-likeness (QED) is 0.601. The van der Waals surface area contributed by atoms with Crippen molar-refractivity contribution in [2.45, 2.75) is 40.5 Å². The summed E-state index contributed by atoms with van der Waals surface area (Å²) >= 11 is 0. The maximum Gasteiger partial charge on any atom is 0.251 e. The average molecular weight is 469 g/mol. The minimum absolute atomic E-state index is 0.115. The van der Waals surface area contributed by atoms with Gasteiger partial charge in [0.15, 0.2) is 0 Å². The van der Waals surface area contributed by atoms with Gasteiger partial charge < -0.3 is 20.4 Å². The highest BCUT2D eigenvalue weighted by Gasteiger charge is 2.33. The summed E-state index contributed by atoms with van der Waals surface area (Å²) in [5.41, 5.74) is 2.51. The van der Waals surface area contributed by atoms with Crippen molar-refractivity contribution in [3.05, 3.63) is 41.5 Å². The summed E-state index contributed by atoms with van der Waals surface area (Å²) < 4.78 is 0. The SMILES string of the molecule is CC(=O)Nc1ccc(C(=O)NC[C@@H]2C=C(C)[C@H](CC(=O)N3CCN(C)CC3)C[C@H]2C(C)C)cc1. The van der Waals surface area contributed by atoms with Crippen LogP contribution in [0.5, 0.6) is 0 Å².